The highest BCUT2D eigenvalue weighted by molar-refractivity contribution is 6.44. The third-order valence-corrected chi connectivity index (χ3v) is 6.20. The van der Waals surface area contributed by atoms with Crippen molar-refractivity contribution in [2.24, 2.45) is 0 Å². The molecule has 160 valence electrons. The van der Waals surface area contributed by atoms with Crippen molar-refractivity contribution in [3.63, 3.8) is 0 Å². The number of ketones is 1. The maximum absolute atomic E-state index is 13.1. The van der Waals surface area contributed by atoms with Crippen LogP contribution in [0.15, 0.2) is 54.6 Å². The molecule has 0 bridgehead atoms. The molecule has 0 saturated carbocycles. The zero-order valence-electron chi connectivity index (χ0n) is 16.9. The summed E-state index contributed by atoms with van der Waals surface area (Å²) < 4.78 is 5.85. The molecule has 4 rings (SSSR count). The van der Waals surface area contributed by atoms with Gasteiger partial charge in [-0.05, 0) is 42.3 Å². The fraction of sp³-hybridized carbons (Fsp3) is 0.250. The Morgan fingerprint density at radius 2 is 1.84 bits per heavy atom. The number of anilines is 1. The molecule has 1 unspecified atom stereocenters. The molecule has 1 aliphatic heterocycles. The Labute approximate surface area is 190 Å². The van der Waals surface area contributed by atoms with E-state index < -0.39 is 11.5 Å². The van der Waals surface area contributed by atoms with Crippen molar-refractivity contribution < 1.29 is 19.4 Å². The van der Waals surface area contributed by atoms with Gasteiger partial charge in [0.15, 0.2) is 5.60 Å². The molecule has 1 N–H and O–H groups in total. The summed E-state index contributed by atoms with van der Waals surface area (Å²) in [6, 6.07) is 16.9. The van der Waals surface area contributed by atoms with Crippen molar-refractivity contribution in [2.75, 3.05) is 18.1 Å². The fourth-order valence-electron chi connectivity index (χ4n) is 3.99. The Morgan fingerprint density at radius 1 is 1.10 bits per heavy atom. The van der Waals surface area contributed by atoms with Crippen molar-refractivity contribution in [1.82, 2.24) is 0 Å². The number of benzene rings is 3. The van der Waals surface area contributed by atoms with Crippen molar-refractivity contribution >= 4 is 51.4 Å². The molecule has 0 aromatic heterocycles. The number of amides is 1. The second kappa shape index (κ2) is 8.50. The van der Waals surface area contributed by atoms with E-state index in [2.05, 4.69) is 0 Å². The van der Waals surface area contributed by atoms with Crippen LogP contribution in [-0.2, 0) is 15.2 Å². The van der Waals surface area contributed by atoms with Gasteiger partial charge in [0.05, 0.1) is 22.3 Å². The number of nitrogens with zero attached hydrogens (tertiary/aromatic N) is 1. The topological polar surface area (TPSA) is 66.8 Å². The number of hydrogen-bond donors (Lipinski definition) is 1. The summed E-state index contributed by atoms with van der Waals surface area (Å²) in [6.45, 7) is 1.96. The van der Waals surface area contributed by atoms with Crippen LogP contribution >= 0.6 is 23.2 Å². The summed E-state index contributed by atoms with van der Waals surface area (Å²) in [4.78, 5) is 26.2. The van der Waals surface area contributed by atoms with Crippen LogP contribution in [0.25, 0.3) is 10.8 Å². The minimum absolute atomic E-state index is 0.183. The second-order valence-electron chi connectivity index (χ2n) is 7.66. The number of fused-ring (bicyclic) bond motifs is 2. The first-order chi connectivity index (χ1) is 14.8. The molecule has 1 atom stereocenters. The van der Waals surface area contributed by atoms with E-state index in [0.29, 0.717) is 24.3 Å². The van der Waals surface area contributed by atoms with Gasteiger partial charge in [-0.15, -0.1) is 0 Å². The van der Waals surface area contributed by atoms with Crippen molar-refractivity contribution in [1.29, 1.82) is 0 Å². The Kier molecular flexibility index (Phi) is 5.93. The Balaban J connectivity index is 1.49. The van der Waals surface area contributed by atoms with Gasteiger partial charge in [-0.2, -0.15) is 0 Å². The SMILES string of the molecule is CC(=O)CC1(O)C(=O)N(CCCOc2ccc3ccccc3c2)c2c1ccc(Cl)c2Cl. The van der Waals surface area contributed by atoms with E-state index in [-0.39, 0.29) is 28.8 Å². The lowest BCUT2D eigenvalue weighted by atomic mass is 9.90. The summed E-state index contributed by atoms with van der Waals surface area (Å²) >= 11 is 12.5. The number of hydrogen-bond acceptors (Lipinski definition) is 4. The van der Waals surface area contributed by atoms with Gasteiger partial charge in [-0.3, -0.25) is 9.59 Å². The van der Waals surface area contributed by atoms with Gasteiger partial charge in [0.1, 0.15) is 11.5 Å². The third kappa shape index (κ3) is 4.01. The summed E-state index contributed by atoms with van der Waals surface area (Å²) in [7, 11) is 0. The van der Waals surface area contributed by atoms with Crippen molar-refractivity contribution in [3.8, 4) is 5.75 Å². The number of carbonyl (C=O) groups excluding carboxylic acids is 2. The predicted molar refractivity (Wildman–Crippen MR) is 122 cm³/mol. The van der Waals surface area contributed by atoms with Gasteiger partial charge in [0.25, 0.3) is 5.91 Å². The summed E-state index contributed by atoms with van der Waals surface area (Å²) in [5.41, 5.74) is -1.28. The minimum atomic E-state index is -1.94. The monoisotopic (exact) mass is 457 g/mol. The van der Waals surface area contributed by atoms with Crippen LogP contribution in [0.5, 0.6) is 5.75 Å². The third-order valence-electron chi connectivity index (χ3n) is 5.40. The minimum Gasteiger partial charge on any atom is -0.494 e. The molecule has 0 radical (unpaired) electrons. The van der Waals surface area contributed by atoms with Crippen molar-refractivity contribution in [3.05, 3.63) is 70.2 Å². The van der Waals surface area contributed by atoms with Crippen LogP contribution in [0.2, 0.25) is 10.0 Å². The smallest absolute Gasteiger partial charge is 0.264 e. The molecule has 1 aliphatic rings. The number of aliphatic hydroxyl groups is 1. The number of rotatable bonds is 7. The molecule has 1 amide bonds. The molecule has 0 fully saturated rings. The average Bonchev–Trinajstić information content (AvgIpc) is 2.94. The molecular formula is C24H21Cl2NO4. The average molecular weight is 458 g/mol. The van der Waals surface area contributed by atoms with Gasteiger partial charge in [0.2, 0.25) is 0 Å². The van der Waals surface area contributed by atoms with Crippen molar-refractivity contribution in [2.45, 2.75) is 25.4 Å². The summed E-state index contributed by atoms with van der Waals surface area (Å²) in [5.74, 6) is -0.136. The molecular weight excluding hydrogens is 437 g/mol. The first-order valence-corrected chi connectivity index (χ1v) is 10.7. The molecule has 0 saturated heterocycles. The molecule has 5 nitrogen and oxygen atoms in total. The maximum Gasteiger partial charge on any atom is 0.264 e. The standard InChI is InChI=1S/C24H21Cl2NO4/c1-15(28)14-24(30)19-9-10-20(25)21(26)22(19)27(23(24)29)11-4-12-31-18-8-7-16-5-2-3-6-17(16)13-18/h2-3,5-10,13,30H,4,11-12,14H2,1H3. The molecule has 3 aromatic rings. The van der Waals surface area contributed by atoms with Crippen LogP contribution in [0.4, 0.5) is 5.69 Å². The highest BCUT2D eigenvalue weighted by Gasteiger charge is 2.51. The van der Waals surface area contributed by atoms with Crippen LogP contribution in [-0.4, -0.2) is 29.9 Å². The largest absolute Gasteiger partial charge is 0.494 e. The zero-order chi connectivity index (χ0) is 22.2. The van der Waals surface area contributed by atoms with Gasteiger partial charge >= 0.3 is 0 Å². The molecule has 31 heavy (non-hydrogen) atoms. The highest BCUT2D eigenvalue weighted by atomic mass is 35.5. The van der Waals surface area contributed by atoms with Gasteiger partial charge in [0, 0.05) is 18.5 Å². The number of Topliss-reactive ketones (excluding diaryl/α,β-unsaturated/α-hetero) is 1. The van der Waals surface area contributed by atoms with Crippen LogP contribution in [0.1, 0.15) is 25.3 Å². The van der Waals surface area contributed by atoms with E-state index in [4.69, 9.17) is 27.9 Å². The molecule has 3 aromatic carbocycles. The fourth-order valence-corrected chi connectivity index (χ4v) is 4.41. The summed E-state index contributed by atoms with van der Waals surface area (Å²) in [6.07, 6.45) is 0.178. The number of ether oxygens (including phenoxy) is 1. The van der Waals surface area contributed by atoms with Crippen LogP contribution < -0.4 is 9.64 Å². The van der Waals surface area contributed by atoms with Gasteiger partial charge < -0.3 is 14.7 Å². The maximum atomic E-state index is 13.1. The Hall–Kier alpha value is -2.60. The molecule has 7 heteroatoms. The first-order valence-electron chi connectivity index (χ1n) is 9.95. The molecule has 1 heterocycles. The summed E-state index contributed by atoms with van der Waals surface area (Å²) in [5, 5.41) is 13.7. The number of halogens is 2. The van der Waals surface area contributed by atoms with E-state index in [1.807, 2.05) is 42.5 Å². The second-order valence-corrected chi connectivity index (χ2v) is 8.45. The lowest BCUT2D eigenvalue weighted by molar-refractivity contribution is -0.141. The zero-order valence-corrected chi connectivity index (χ0v) is 18.4. The van der Waals surface area contributed by atoms with Gasteiger partial charge in [-0.1, -0.05) is 59.6 Å². The molecule has 0 spiro atoms. The molecule has 0 aliphatic carbocycles. The highest BCUT2D eigenvalue weighted by Crippen LogP contribution is 2.48. The Bertz CT molecular complexity index is 1180. The van der Waals surface area contributed by atoms with Crippen LogP contribution in [0.3, 0.4) is 0 Å². The van der Waals surface area contributed by atoms with E-state index in [1.165, 1.54) is 17.9 Å². The normalized spacial score (nSPS) is 17.8. The predicted octanol–water partition coefficient (Wildman–Crippen LogP) is 5.13. The van der Waals surface area contributed by atoms with E-state index in [0.717, 1.165) is 16.5 Å². The van der Waals surface area contributed by atoms with E-state index in [9.17, 15) is 14.7 Å². The van der Waals surface area contributed by atoms with E-state index in [1.54, 1.807) is 6.07 Å². The van der Waals surface area contributed by atoms with Crippen LogP contribution in [0, 0.1) is 0 Å². The first kappa shape index (κ1) is 21.6. The number of carbonyl (C=O) groups is 2. The Morgan fingerprint density at radius 3 is 2.58 bits per heavy atom. The quantitative estimate of drug-likeness (QED) is 0.499. The van der Waals surface area contributed by atoms with Gasteiger partial charge in [-0.25, -0.2) is 0 Å². The lowest BCUT2D eigenvalue weighted by Crippen LogP contribution is -2.42. The van der Waals surface area contributed by atoms with E-state index >= 15 is 0 Å². The lowest BCUT2D eigenvalue weighted by Gasteiger charge is -2.22.